The first-order valence-electron chi connectivity index (χ1n) is 9.81. The van der Waals surface area contributed by atoms with Gasteiger partial charge >= 0.3 is 0 Å². The van der Waals surface area contributed by atoms with E-state index in [2.05, 4.69) is 0 Å². The molecule has 2 aromatic carbocycles. The Labute approximate surface area is 177 Å². The van der Waals surface area contributed by atoms with Crippen molar-refractivity contribution in [3.05, 3.63) is 71.8 Å². The first-order chi connectivity index (χ1) is 14.0. The number of carbonyl (C=O) groups is 1. The second-order valence-electron chi connectivity index (χ2n) is 7.34. The quantitative estimate of drug-likeness (QED) is 0.639. The Kier molecular flexibility index (Phi) is 7.67. The zero-order chi connectivity index (χ0) is 20.8. The van der Waals surface area contributed by atoms with Crippen molar-refractivity contribution in [2.24, 2.45) is 0 Å². The number of carbonyl (C=O) groups excluding carboxylic acids is 1. The lowest BCUT2D eigenvalue weighted by Gasteiger charge is -2.47. The highest BCUT2D eigenvalue weighted by atomic mass is 35.5. The first-order valence-corrected chi connectivity index (χ1v) is 10.2. The fourth-order valence-electron chi connectivity index (χ4n) is 3.57. The summed E-state index contributed by atoms with van der Waals surface area (Å²) in [6.07, 6.45) is -1.19. The van der Waals surface area contributed by atoms with Crippen LogP contribution in [0.3, 0.4) is 0 Å². The number of hydrogen-bond donors (Lipinski definition) is 0. The molecule has 1 heterocycles. The van der Waals surface area contributed by atoms with Crippen LogP contribution < -0.4 is 0 Å². The predicted molar refractivity (Wildman–Crippen MR) is 112 cm³/mol. The van der Waals surface area contributed by atoms with Gasteiger partial charge in [0.15, 0.2) is 5.56 Å². The van der Waals surface area contributed by atoms with Crippen LogP contribution in [0.5, 0.6) is 0 Å². The fraction of sp³-hybridized carbons (Fsp3) is 0.435. The summed E-state index contributed by atoms with van der Waals surface area (Å²) in [6.45, 7) is 4.24. The van der Waals surface area contributed by atoms with Crippen molar-refractivity contribution in [3.8, 4) is 0 Å². The van der Waals surface area contributed by atoms with Crippen LogP contribution in [0, 0.1) is 0 Å². The van der Waals surface area contributed by atoms with Crippen molar-refractivity contribution in [1.29, 1.82) is 0 Å². The third kappa shape index (κ3) is 5.58. The maximum absolute atomic E-state index is 12.2. The number of rotatable bonds is 7. The summed E-state index contributed by atoms with van der Waals surface area (Å²) in [7, 11) is 1.76. The lowest BCUT2D eigenvalue weighted by Crippen LogP contribution is -2.63. The highest BCUT2D eigenvalue weighted by Crippen LogP contribution is 2.32. The Balaban J connectivity index is 1.79. The molecule has 0 spiro atoms. The highest BCUT2D eigenvalue weighted by molar-refractivity contribution is 6.20. The van der Waals surface area contributed by atoms with Crippen LogP contribution in [0.2, 0.25) is 0 Å². The molecule has 1 aliphatic heterocycles. The zero-order valence-electron chi connectivity index (χ0n) is 17.0. The summed E-state index contributed by atoms with van der Waals surface area (Å²) in [5, 5.41) is 0. The van der Waals surface area contributed by atoms with E-state index in [9.17, 15) is 4.79 Å². The van der Waals surface area contributed by atoms with Gasteiger partial charge in [0.25, 0.3) is 0 Å². The van der Waals surface area contributed by atoms with Gasteiger partial charge in [0.1, 0.15) is 12.2 Å². The Morgan fingerprint density at radius 2 is 1.45 bits per heavy atom. The van der Waals surface area contributed by atoms with E-state index in [0.29, 0.717) is 13.2 Å². The second kappa shape index (κ2) is 10.2. The van der Waals surface area contributed by atoms with Gasteiger partial charge in [-0.25, -0.2) is 0 Å². The third-order valence-electron chi connectivity index (χ3n) is 5.25. The average molecular weight is 418 g/mol. The van der Waals surface area contributed by atoms with Gasteiger partial charge < -0.3 is 19.1 Å². The summed E-state index contributed by atoms with van der Waals surface area (Å²) >= 11 is 6.53. The van der Waals surface area contributed by atoms with Crippen molar-refractivity contribution in [1.82, 2.24) is 4.90 Å². The lowest BCUT2D eigenvalue weighted by molar-refractivity contribution is -0.210. The predicted octanol–water partition coefficient (Wildman–Crippen LogP) is 3.99. The van der Waals surface area contributed by atoms with Gasteiger partial charge in [-0.1, -0.05) is 72.3 Å². The van der Waals surface area contributed by atoms with Crippen molar-refractivity contribution in [2.75, 3.05) is 7.05 Å². The van der Waals surface area contributed by atoms with Crippen molar-refractivity contribution in [2.45, 2.75) is 57.0 Å². The van der Waals surface area contributed by atoms with E-state index >= 15 is 0 Å². The lowest BCUT2D eigenvalue weighted by atomic mass is 9.95. The maximum atomic E-state index is 12.2. The van der Waals surface area contributed by atoms with E-state index in [-0.39, 0.29) is 24.2 Å². The summed E-state index contributed by atoms with van der Waals surface area (Å²) < 4.78 is 18.3. The normalized spacial score (nSPS) is 26.8. The van der Waals surface area contributed by atoms with Gasteiger partial charge in [-0.3, -0.25) is 4.79 Å². The van der Waals surface area contributed by atoms with E-state index in [0.717, 1.165) is 11.1 Å². The third-order valence-corrected chi connectivity index (χ3v) is 5.60. The molecule has 5 nitrogen and oxygen atoms in total. The molecule has 0 N–H and O–H groups in total. The average Bonchev–Trinajstić information content (AvgIpc) is 2.72. The highest BCUT2D eigenvalue weighted by Gasteiger charge is 2.47. The van der Waals surface area contributed by atoms with Gasteiger partial charge in [-0.05, 0) is 18.1 Å². The number of likely N-dealkylation sites (N-methyl/N-ethyl adjacent to an activating group) is 1. The molecule has 0 unspecified atom stereocenters. The SMILES string of the molecule is CC(=O)N(C)[C@H]1[C@@H](OCc2ccccc2)[C@@H](Cl)O[C@H](C)[C@H]1OCc1ccccc1. The number of nitrogens with zero attached hydrogens (tertiary/aromatic N) is 1. The molecule has 0 saturated carbocycles. The summed E-state index contributed by atoms with van der Waals surface area (Å²) in [5.41, 5.74) is 1.40. The van der Waals surface area contributed by atoms with Crippen LogP contribution in [0.15, 0.2) is 60.7 Å². The zero-order valence-corrected chi connectivity index (χ0v) is 17.8. The van der Waals surface area contributed by atoms with Gasteiger partial charge in [0.2, 0.25) is 5.91 Å². The van der Waals surface area contributed by atoms with Crippen LogP contribution in [-0.4, -0.2) is 47.8 Å². The van der Waals surface area contributed by atoms with Crippen molar-refractivity contribution in [3.63, 3.8) is 0 Å². The van der Waals surface area contributed by atoms with Crippen LogP contribution >= 0.6 is 11.6 Å². The molecule has 1 fully saturated rings. The second-order valence-corrected chi connectivity index (χ2v) is 7.77. The number of ether oxygens (including phenoxy) is 3. The molecule has 0 aromatic heterocycles. The van der Waals surface area contributed by atoms with E-state index in [1.807, 2.05) is 67.6 Å². The molecule has 1 saturated heterocycles. The van der Waals surface area contributed by atoms with E-state index < -0.39 is 11.7 Å². The number of hydrogen-bond acceptors (Lipinski definition) is 4. The largest absolute Gasteiger partial charge is 0.369 e. The molecule has 0 radical (unpaired) electrons. The molecule has 5 atom stereocenters. The van der Waals surface area contributed by atoms with Crippen molar-refractivity contribution < 1.29 is 19.0 Å². The number of alkyl halides is 1. The van der Waals surface area contributed by atoms with Gasteiger partial charge in [0, 0.05) is 14.0 Å². The molecule has 156 valence electrons. The van der Waals surface area contributed by atoms with E-state index in [4.69, 9.17) is 25.8 Å². The van der Waals surface area contributed by atoms with E-state index in [1.165, 1.54) is 6.92 Å². The summed E-state index contributed by atoms with van der Waals surface area (Å²) in [5.74, 6) is -0.0745. The first kappa shape index (κ1) is 21.8. The molecule has 2 aromatic rings. The molecule has 6 heteroatoms. The Hall–Kier alpha value is -1.92. The summed E-state index contributed by atoms with van der Waals surface area (Å²) in [6, 6.07) is 19.4. The van der Waals surface area contributed by atoms with Gasteiger partial charge in [-0.15, -0.1) is 0 Å². The van der Waals surface area contributed by atoms with Crippen LogP contribution in [0.25, 0.3) is 0 Å². The monoisotopic (exact) mass is 417 g/mol. The fourth-order valence-corrected chi connectivity index (χ4v) is 3.96. The maximum Gasteiger partial charge on any atom is 0.219 e. The van der Waals surface area contributed by atoms with Gasteiger partial charge in [0.05, 0.1) is 25.4 Å². The van der Waals surface area contributed by atoms with Crippen LogP contribution in [-0.2, 0) is 32.2 Å². The van der Waals surface area contributed by atoms with Crippen LogP contribution in [0.1, 0.15) is 25.0 Å². The van der Waals surface area contributed by atoms with Crippen LogP contribution in [0.4, 0.5) is 0 Å². The standard InChI is InChI=1S/C23H28ClNO4/c1-16-21(27-14-18-10-6-4-7-11-18)20(25(3)17(2)26)22(23(24)29-16)28-15-19-12-8-5-9-13-19/h4-13,16,20-23H,14-15H2,1-3H3/t16-,20-,21-,22-,23+/m1/s1. The molecular weight excluding hydrogens is 390 g/mol. The molecule has 0 aliphatic carbocycles. The number of benzene rings is 2. The topological polar surface area (TPSA) is 48.0 Å². The Morgan fingerprint density at radius 1 is 0.966 bits per heavy atom. The minimum absolute atomic E-state index is 0.0745. The Bertz CT molecular complexity index is 717. The van der Waals surface area contributed by atoms with Gasteiger partial charge in [-0.2, -0.15) is 0 Å². The van der Waals surface area contributed by atoms with Crippen molar-refractivity contribution >= 4 is 17.5 Å². The Morgan fingerprint density at radius 3 is 1.93 bits per heavy atom. The molecule has 1 amide bonds. The number of halogens is 1. The van der Waals surface area contributed by atoms with E-state index in [1.54, 1.807) is 11.9 Å². The summed E-state index contributed by atoms with van der Waals surface area (Å²) in [4.78, 5) is 13.9. The minimum Gasteiger partial charge on any atom is -0.369 e. The molecule has 29 heavy (non-hydrogen) atoms. The molecule has 0 bridgehead atoms. The minimum atomic E-state index is -0.683. The smallest absolute Gasteiger partial charge is 0.219 e. The number of amides is 1. The molecular formula is C23H28ClNO4. The molecule has 3 rings (SSSR count). The molecule has 1 aliphatic rings.